The van der Waals surface area contributed by atoms with E-state index in [1.807, 2.05) is 6.07 Å². The summed E-state index contributed by atoms with van der Waals surface area (Å²) in [5, 5.41) is 3.49. The van der Waals surface area contributed by atoms with Crippen LogP contribution < -0.4 is 5.32 Å². The minimum Gasteiger partial charge on any atom is -0.313 e. The van der Waals surface area contributed by atoms with Crippen molar-refractivity contribution in [2.24, 2.45) is 5.92 Å². The third-order valence-corrected chi connectivity index (χ3v) is 6.17. The Kier molecular flexibility index (Phi) is 6.24. The van der Waals surface area contributed by atoms with E-state index in [9.17, 15) is 8.42 Å². The van der Waals surface area contributed by atoms with Crippen LogP contribution in [0.3, 0.4) is 0 Å². The zero-order valence-corrected chi connectivity index (χ0v) is 13.7. The van der Waals surface area contributed by atoms with Crippen LogP contribution in [-0.2, 0) is 9.84 Å². The van der Waals surface area contributed by atoms with E-state index < -0.39 is 9.84 Å². The van der Waals surface area contributed by atoms with Gasteiger partial charge in [-0.2, -0.15) is 0 Å². The van der Waals surface area contributed by atoms with E-state index in [-0.39, 0.29) is 11.8 Å². The third kappa shape index (κ3) is 4.82. The number of rotatable bonds is 7. The largest absolute Gasteiger partial charge is 0.313 e. The standard InChI is InChI=1S/C17H27NO2S/c1-2-13-18-17(15-9-5-3-6-10-15)14-21(19,20)16-11-7-4-8-12-16/h4,7-8,11-12,15,17-18H,2-3,5-6,9-10,13-14H2,1H3. The lowest BCUT2D eigenvalue weighted by Crippen LogP contribution is -2.42. The van der Waals surface area contributed by atoms with Crippen molar-refractivity contribution in [3.05, 3.63) is 30.3 Å². The fraction of sp³-hybridized carbons (Fsp3) is 0.647. The van der Waals surface area contributed by atoms with Crippen LogP contribution >= 0.6 is 0 Å². The van der Waals surface area contributed by atoms with E-state index >= 15 is 0 Å². The highest BCUT2D eigenvalue weighted by Gasteiger charge is 2.28. The second-order valence-corrected chi connectivity index (χ2v) is 8.09. The average molecular weight is 309 g/mol. The van der Waals surface area contributed by atoms with Crippen molar-refractivity contribution in [2.75, 3.05) is 12.3 Å². The van der Waals surface area contributed by atoms with Gasteiger partial charge in [0.25, 0.3) is 0 Å². The van der Waals surface area contributed by atoms with Gasteiger partial charge < -0.3 is 5.32 Å². The Hall–Kier alpha value is -0.870. The molecule has 1 atom stereocenters. The average Bonchev–Trinajstić information content (AvgIpc) is 2.53. The van der Waals surface area contributed by atoms with Gasteiger partial charge in [0.15, 0.2) is 9.84 Å². The number of hydrogen-bond donors (Lipinski definition) is 1. The highest BCUT2D eigenvalue weighted by molar-refractivity contribution is 7.91. The van der Waals surface area contributed by atoms with Crippen LogP contribution in [0.4, 0.5) is 0 Å². The topological polar surface area (TPSA) is 46.2 Å². The normalized spacial score (nSPS) is 18.5. The molecule has 0 radical (unpaired) electrons. The summed E-state index contributed by atoms with van der Waals surface area (Å²) >= 11 is 0. The van der Waals surface area contributed by atoms with Crippen LogP contribution in [0.15, 0.2) is 35.2 Å². The van der Waals surface area contributed by atoms with Gasteiger partial charge in [-0.1, -0.05) is 44.4 Å². The summed E-state index contributed by atoms with van der Waals surface area (Å²) in [5.74, 6) is 0.727. The molecule has 21 heavy (non-hydrogen) atoms. The molecule has 0 saturated heterocycles. The summed E-state index contributed by atoms with van der Waals surface area (Å²) in [6.45, 7) is 3.02. The first kappa shape index (κ1) is 16.5. The minimum atomic E-state index is -3.20. The van der Waals surface area contributed by atoms with Crippen LogP contribution in [0, 0.1) is 5.92 Å². The number of nitrogens with one attached hydrogen (secondary N) is 1. The lowest BCUT2D eigenvalue weighted by Gasteiger charge is -2.31. The van der Waals surface area contributed by atoms with Gasteiger partial charge in [0.05, 0.1) is 10.6 Å². The van der Waals surface area contributed by atoms with Crippen LogP contribution in [0.1, 0.15) is 45.4 Å². The molecule has 1 N–H and O–H groups in total. The van der Waals surface area contributed by atoms with Gasteiger partial charge in [-0.25, -0.2) is 8.42 Å². The van der Waals surface area contributed by atoms with Crippen LogP contribution in [0.2, 0.25) is 0 Å². The Morgan fingerprint density at radius 2 is 1.81 bits per heavy atom. The maximum Gasteiger partial charge on any atom is 0.179 e. The summed E-state index contributed by atoms with van der Waals surface area (Å²) in [5.41, 5.74) is 0. The van der Waals surface area contributed by atoms with Crippen molar-refractivity contribution in [3.8, 4) is 0 Å². The molecule has 1 unspecified atom stereocenters. The van der Waals surface area contributed by atoms with Gasteiger partial charge in [-0.3, -0.25) is 0 Å². The van der Waals surface area contributed by atoms with Gasteiger partial charge in [-0.05, 0) is 43.9 Å². The zero-order chi connectivity index (χ0) is 15.1. The second-order valence-electron chi connectivity index (χ2n) is 6.05. The van der Waals surface area contributed by atoms with E-state index in [0.29, 0.717) is 10.8 Å². The molecular weight excluding hydrogens is 282 g/mol. The van der Waals surface area contributed by atoms with E-state index in [2.05, 4.69) is 12.2 Å². The van der Waals surface area contributed by atoms with Crippen LogP contribution in [0.5, 0.6) is 0 Å². The summed E-state index contributed by atoms with van der Waals surface area (Å²) in [6, 6.07) is 8.94. The molecule has 1 aromatic carbocycles. The zero-order valence-electron chi connectivity index (χ0n) is 12.9. The molecule has 118 valence electrons. The molecule has 0 aromatic heterocycles. The molecule has 4 heteroatoms. The van der Waals surface area contributed by atoms with Gasteiger partial charge in [0.1, 0.15) is 0 Å². The molecule has 1 aromatic rings. The van der Waals surface area contributed by atoms with Crippen molar-refractivity contribution in [2.45, 2.75) is 56.4 Å². The smallest absolute Gasteiger partial charge is 0.179 e. The summed E-state index contributed by atoms with van der Waals surface area (Å²) < 4.78 is 25.2. The first-order chi connectivity index (χ1) is 10.1. The fourth-order valence-electron chi connectivity index (χ4n) is 3.19. The summed E-state index contributed by atoms with van der Waals surface area (Å²) in [6.07, 6.45) is 7.12. The Bertz CT molecular complexity index is 507. The fourth-order valence-corrected chi connectivity index (χ4v) is 4.82. The van der Waals surface area contributed by atoms with E-state index in [4.69, 9.17) is 0 Å². The molecule has 0 bridgehead atoms. The number of sulfone groups is 1. The summed E-state index contributed by atoms with van der Waals surface area (Å²) in [7, 11) is -3.20. The second kappa shape index (κ2) is 7.95. The first-order valence-corrected chi connectivity index (χ1v) is 9.80. The molecule has 1 aliphatic rings. The molecule has 3 nitrogen and oxygen atoms in total. The molecule has 0 heterocycles. The predicted molar refractivity (Wildman–Crippen MR) is 87.2 cm³/mol. The highest BCUT2D eigenvalue weighted by Crippen LogP contribution is 2.28. The molecule has 1 fully saturated rings. The van der Waals surface area contributed by atoms with Crippen molar-refractivity contribution >= 4 is 9.84 Å². The van der Waals surface area contributed by atoms with Crippen molar-refractivity contribution < 1.29 is 8.42 Å². The number of hydrogen-bond acceptors (Lipinski definition) is 3. The molecule has 1 aliphatic carbocycles. The summed E-state index contributed by atoms with van der Waals surface area (Å²) in [4.78, 5) is 0.448. The molecule has 0 aliphatic heterocycles. The Labute approximate surface area is 129 Å². The van der Waals surface area contributed by atoms with Crippen molar-refractivity contribution in [1.82, 2.24) is 5.32 Å². The van der Waals surface area contributed by atoms with Gasteiger partial charge in [0, 0.05) is 6.04 Å². The van der Waals surface area contributed by atoms with Gasteiger partial charge in [0.2, 0.25) is 0 Å². The quantitative estimate of drug-likeness (QED) is 0.839. The van der Waals surface area contributed by atoms with Gasteiger partial charge in [-0.15, -0.1) is 0 Å². The van der Waals surface area contributed by atoms with Crippen molar-refractivity contribution in [1.29, 1.82) is 0 Å². The molecule has 0 amide bonds. The van der Waals surface area contributed by atoms with Crippen molar-refractivity contribution in [3.63, 3.8) is 0 Å². The van der Waals surface area contributed by atoms with Crippen LogP contribution in [0.25, 0.3) is 0 Å². The monoisotopic (exact) mass is 309 g/mol. The molecule has 2 rings (SSSR count). The lowest BCUT2D eigenvalue weighted by atomic mass is 9.84. The van der Waals surface area contributed by atoms with Gasteiger partial charge >= 0.3 is 0 Å². The number of benzene rings is 1. The maximum atomic E-state index is 12.6. The first-order valence-electron chi connectivity index (χ1n) is 8.14. The Morgan fingerprint density at radius 3 is 2.43 bits per heavy atom. The predicted octanol–water partition coefficient (Wildman–Crippen LogP) is 3.41. The van der Waals surface area contributed by atoms with Crippen LogP contribution in [-0.4, -0.2) is 26.8 Å². The van der Waals surface area contributed by atoms with E-state index in [1.165, 1.54) is 19.3 Å². The molecule has 0 spiro atoms. The molecule has 1 saturated carbocycles. The SMILES string of the molecule is CCCNC(CS(=O)(=O)c1ccccc1)C1CCCCC1. The Balaban J connectivity index is 2.09. The Morgan fingerprint density at radius 1 is 1.14 bits per heavy atom. The molecular formula is C17H27NO2S. The highest BCUT2D eigenvalue weighted by atomic mass is 32.2. The minimum absolute atomic E-state index is 0.0930. The van der Waals surface area contributed by atoms with E-state index in [1.54, 1.807) is 24.3 Å². The lowest BCUT2D eigenvalue weighted by molar-refractivity contribution is 0.283. The maximum absolute atomic E-state index is 12.6. The van der Waals surface area contributed by atoms with E-state index in [0.717, 1.165) is 25.8 Å². The third-order valence-electron chi connectivity index (χ3n) is 4.38.